The van der Waals surface area contributed by atoms with Gasteiger partial charge in [0.25, 0.3) is 5.91 Å². The molecule has 10 nitrogen and oxygen atoms in total. The summed E-state index contributed by atoms with van der Waals surface area (Å²) in [5.74, 6) is -0.926. The number of nitrogens with one attached hydrogen (secondary N) is 1. The summed E-state index contributed by atoms with van der Waals surface area (Å²) in [5, 5.41) is 13.3. The summed E-state index contributed by atoms with van der Waals surface area (Å²) >= 11 is 6.54. The fourth-order valence-electron chi connectivity index (χ4n) is 7.77. The van der Waals surface area contributed by atoms with E-state index < -0.39 is 31.5 Å². The first-order valence-corrected chi connectivity index (χ1v) is 19.9. The molecule has 2 saturated heterocycles. The second kappa shape index (κ2) is 13.7. The highest BCUT2D eigenvalue weighted by Crippen LogP contribution is 2.60. The Labute approximate surface area is 287 Å². The number of anilines is 2. The molecule has 0 bridgehead atoms. The van der Waals surface area contributed by atoms with Gasteiger partial charge in [0.15, 0.2) is 13.9 Å². The van der Waals surface area contributed by atoms with Gasteiger partial charge in [-0.3, -0.25) is 14.4 Å². The van der Waals surface area contributed by atoms with Gasteiger partial charge < -0.3 is 34.7 Å². The van der Waals surface area contributed by atoms with Crippen LogP contribution in [-0.4, -0.2) is 79.7 Å². The molecular formula is C36H43ClN4O6Si. The number of benzene rings is 3. The SMILES string of the molecule is C[C@@H]1[C@@H]([Si](C)(C)O)[C@H](CC(=O)N(CCO)Cc2ccccc2)O[C@@]12C(=O)N(Cc1ccc(N3CCNCC3=O)cc1)c1ccc(Cl)cc12. The summed E-state index contributed by atoms with van der Waals surface area (Å²) in [6.07, 6.45) is -0.779. The van der Waals surface area contributed by atoms with E-state index in [1.54, 1.807) is 26.8 Å². The summed E-state index contributed by atoms with van der Waals surface area (Å²) in [6, 6.07) is 22.6. The second-order valence-corrected chi connectivity index (χ2v) is 17.9. The Morgan fingerprint density at radius 1 is 1.08 bits per heavy atom. The average molecular weight is 691 g/mol. The zero-order valence-electron chi connectivity index (χ0n) is 27.6. The lowest BCUT2D eigenvalue weighted by molar-refractivity contribution is -0.150. The van der Waals surface area contributed by atoms with Crippen molar-refractivity contribution in [2.45, 2.75) is 56.8 Å². The molecule has 0 saturated carbocycles. The molecule has 3 amide bonds. The van der Waals surface area contributed by atoms with Gasteiger partial charge >= 0.3 is 0 Å². The molecule has 3 heterocycles. The minimum absolute atomic E-state index is 0.0151. The number of carbonyl (C=O) groups is 3. The van der Waals surface area contributed by atoms with E-state index in [0.717, 1.165) is 23.4 Å². The van der Waals surface area contributed by atoms with Crippen LogP contribution in [-0.2, 0) is 37.8 Å². The van der Waals surface area contributed by atoms with Crippen LogP contribution in [0.1, 0.15) is 30.0 Å². The molecule has 0 unspecified atom stereocenters. The van der Waals surface area contributed by atoms with Crippen molar-refractivity contribution in [3.8, 4) is 0 Å². The topological polar surface area (TPSA) is 123 Å². The Hall–Kier alpha value is -3.58. The van der Waals surface area contributed by atoms with Crippen LogP contribution in [0.15, 0.2) is 72.8 Å². The van der Waals surface area contributed by atoms with Crippen LogP contribution < -0.4 is 15.1 Å². The molecule has 2 fully saturated rings. The Morgan fingerprint density at radius 3 is 2.48 bits per heavy atom. The third kappa shape index (κ3) is 6.42. The van der Waals surface area contributed by atoms with Gasteiger partial charge in [-0.05, 0) is 54.6 Å². The number of piperazine rings is 1. The van der Waals surface area contributed by atoms with E-state index in [9.17, 15) is 24.3 Å². The molecule has 3 aromatic carbocycles. The Bertz CT molecular complexity index is 1670. The maximum absolute atomic E-state index is 14.8. The van der Waals surface area contributed by atoms with Crippen LogP contribution in [0.4, 0.5) is 11.4 Å². The van der Waals surface area contributed by atoms with Gasteiger partial charge in [-0.2, -0.15) is 0 Å². The first-order chi connectivity index (χ1) is 22.9. The first kappa shape index (κ1) is 34.3. The maximum atomic E-state index is 14.8. The van der Waals surface area contributed by atoms with Crippen LogP contribution in [0.2, 0.25) is 23.7 Å². The van der Waals surface area contributed by atoms with Crippen molar-refractivity contribution in [3.63, 3.8) is 0 Å². The molecule has 12 heteroatoms. The normalized spacial score (nSPS) is 24.0. The maximum Gasteiger partial charge on any atom is 0.264 e. The van der Waals surface area contributed by atoms with Crippen LogP contribution in [0.3, 0.4) is 0 Å². The summed E-state index contributed by atoms with van der Waals surface area (Å²) in [7, 11) is -3.01. The minimum atomic E-state index is -3.01. The molecule has 254 valence electrons. The van der Waals surface area contributed by atoms with Gasteiger partial charge in [0.1, 0.15) is 0 Å². The van der Waals surface area contributed by atoms with Crippen molar-refractivity contribution in [3.05, 3.63) is 94.5 Å². The number of rotatable bonds is 10. The molecule has 3 aliphatic heterocycles. The van der Waals surface area contributed by atoms with E-state index in [4.69, 9.17) is 16.3 Å². The zero-order chi connectivity index (χ0) is 34.2. The minimum Gasteiger partial charge on any atom is -0.432 e. The standard InChI is InChI=1S/C36H43ClN4O6Si/c1-24-34(48(2,3)46)31(20-32(43)39(17-18-42)22-25-7-5-4-6-8-25)47-36(24)29-19-27(37)11-14-30(29)41(35(36)45)23-26-9-12-28(13-10-26)40-16-15-38-21-33(40)44/h4-14,19,24,31,34,38,42,46H,15-18,20-23H2,1-3H3/t24-,31+,34-,36+/m1/s1. The van der Waals surface area contributed by atoms with Crippen molar-refractivity contribution in [1.82, 2.24) is 10.2 Å². The molecule has 1 spiro atoms. The zero-order valence-corrected chi connectivity index (χ0v) is 29.3. The monoisotopic (exact) mass is 690 g/mol. The number of ether oxygens (including phenoxy) is 1. The van der Waals surface area contributed by atoms with E-state index >= 15 is 0 Å². The number of hydrogen-bond acceptors (Lipinski definition) is 7. The quantitative estimate of drug-likeness (QED) is 0.275. The number of halogens is 1. The van der Waals surface area contributed by atoms with Crippen LogP contribution in [0.5, 0.6) is 0 Å². The number of hydrogen-bond donors (Lipinski definition) is 3. The van der Waals surface area contributed by atoms with Crippen LogP contribution in [0, 0.1) is 5.92 Å². The van der Waals surface area contributed by atoms with Gasteiger partial charge in [0, 0.05) is 53.9 Å². The largest absolute Gasteiger partial charge is 0.432 e. The number of fused-ring (bicyclic) bond motifs is 2. The van der Waals surface area contributed by atoms with Gasteiger partial charge in [-0.1, -0.05) is 61.0 Å². The van der Waals surface area contributed by atoms with Gasteiger partial charge in [-0.25, -0.2) is 0 Å². The molecule has 0 aromatic heterocycles. The highest BCUT2D eigenvalue weighted by molar-refractivity contribution is 6.71. The van der Waals surface area contributed by atoms with E-state index in [1.807, 2.05) is 80.7 Å². The van der Waals surface area contributed by atoms with Crippen molar-refractivity contribution in [2.75, 3.05) is 42.6 Å². The summed E-state index contributed by atoms with van der Waals surface area (Å²) < 4.78 is 6.85. The Balaban J connectivity index is 1.30. The lowest BCUT2D eigenvalue weighted by Gasteiger charge is -2.32. The van der Waals surface area contributed by atoms with Crippen molar-refractivity contribution in [2.24, 2.45) is 5.92 Å². The number of carbonyl (C=O) groups excluding carboxylic acids is 3. The molecule has 48 heavy (non-hydrogen) atoms. The molecule has 0 aliphatic carbocycles. The molecule has 4 atom stereocenters. The van der Waals surface area contributed by atoms with E-state index in [2.05, 4.69) is 5.32 Å². The van der Waals surface area contributed by atoms with E-state index in [1.165, 1.54) is 0 Å². The fourth-order valence-corrected chi connectivity index (χ4v) is 10.5. The summed E-state index contributed by atoms with van der Waals surface area (Å²) in [5.41, 5.74) is 2.03. The van der Waals surface area contributed by atoms with Gasteiger partial charge in [0.05, 0.1) is 37.9 Å². The molecule has 3 N–H and O–H groups in total. The Morgan fingerprint density at radius 2 is 1.81 bits per heavy atom. The molecule has 6 rings (SSSR count). The summed E-state index contributed by atoms with van der Waals surface area (Å²) in [4.78, 5) is 57.7. The molecule has 3 aromatic rings. The van der Waals surface area contributed by atoms with Crippen molar-refractivity contribution in [1.29, 1.82) is 0 Å². The van der Waals surface area contributed by atoms with Crippen LogP contribution >= 0.6 is 11.6 Å². The fraction of sp³-hybridized carbons (Fsp3) is 0.417. The smallest absolute Gasteiger partial charge is 0.264 e. The molecule has 3 aliphatic rings. The third-order valence-electron chi connectivity index (χ3n) is 9.94. The van der Waals surface area contributed by atoms with Crippen molar-refractivity contribution >= 4 is 49.0 Å². The highest BCUT2D eigenvalue weighted by atomic mass is 35.5. The van der Waals surface area contributed by atoms with E-state index in [0.29, 0.717) is 35.9 Å². The summed E-state index contributed by atoms with van der Waals surface area (Å²) in [6.45, 7) is 7.74. The number of nitrogens with zero attached hydrogens (tertiary/aromatic N) is 3. The van der Waals surface area contributed by atoms with E-state index in [-0.39, 0.29) is 43.8 Å². The molecule has 0 radical (unpaired) electrons. The van der Waals surface area contributed by atoms with Gasteiger partial charge in [-0.15, -0.1) is 0 Å². The first-order valence-electron chi connectivity index (χ1n) is 16.5. The lowest BCUT2D eigenvalue weighted by atomic mass is 9.82. The van der Waals surface area contributed by atoms with Crippen molar-refractivity contribution < 1.29 is 29.0 Å². The Kier molecular flexibility index (Phi) is 9.81. The van der Waals surface area contributed by atoms with Crippen LogP contribution in [0.25, 0.3) is 0 Å². The third-order valence-corrected chi connectivity index (χ3v) is 12.7. The molecular weight excluding hydrogens is 648 g/mol. The predicted octanol–water partition coefficient (Wildman–Crippen LogP) is 4.03. The number of amides is 3. The highest BCUT2D eigenvalue weighted by Gasteiger charge is 2.66. The van der Waals surface area contributed by atoms with Gasteiger partial charge in [0.2, 0.25) is 11.8 Å². The number of aliphatic hydroxyl groups excluding tert-OH is 1. The second-order valence-electron chi connectivity index (χ2n) is 13.5. The predicted molar refractivity (Wildman–Crippen MR) is 187 cm³/mol. The number of aliphatic hydroxyl groups is 1. The lowest BCUT2D eigenvalue weighted by Crippen LogP contribution is -2.48. The average Bonchev–Trinajstić information content (AvgIpc) is 3.48.